The molecule has 0 nitrogen and oxygen atoms in total. The zero-order valence-electron chi connectivity index (χ0n) is 6.92. The lowest BCUT2D eigenvalue weighted by Crippen LogP contribution is -1.99. The summed E-state index contributed by atoms with van der Waals surface area (Å²) in [6.07, 6.45) is -2.58. The van der Waals surface area contributed by atoms with Crippen LogP contribution in [0.1, 0.15) is 17.3 Å². The Bertz CT molecular complexity index is 476. The predicted octanol–water partition coefficient (Wildman–Crippen LogP) is 3.74. The minimum absolute atomic E-state index is 0.241. The average molecular weight is 224 g/mol. The summed E-state index contributed by atoms with van der Waals surface area (Å²) < 4.78 is 76.6. The highest BCUT2D eigenvalue weighted by Crippen LogP contribution is 2.45. The molecule has 0 amide bonds. The van der Waals surface area contributed by atoms with Gasteiger partial charge < -0.3 is 0 Å². The summed E-state index contributed by atoms with van der Waals surface area (Å²) in [5.74, 6) is -9.25. The van der Waals surface area contributed by atoms with Gasteiger partial charge in [-0.2, -0.15) is 0 Å². The second-order valence-corrected chi connectivity index (χ2v) is 2.98. The van der Waals surface area contributed by atoms with Crippen LogP contribution in [-0.2, 0) is 0 Å². The topological polar surface area (TPSA) is 0 Å². The largest absolute Gasteiger partial charge is 0.234 e. The molecule has 0 N–H and O–H groups in total. The second-order valence-electron chi connectivity index (χ2n) is 2.98. The lowest BCUT2D eigenvalue weighted by molar-refractivity contribution is 0.337. The molecule has 0 spiro atoms. The molecule has 1 unspecified atom stereocenters. The average Bonchev–Trinajstić information content (AvgIpc) is 2.40. The van der Waals surface area contributed by atoms with Crippen molar-refractivity contribution in [2.75, 3.05) is 0 Å². The molecule has 1 aliphatic rings. The van der Waals surface area contributed by atoms with Gasteiger partial charge in [0.2, 0.25) is 0 Å². The van der Waals surface area contributed by atoms with Crippen molar-refractivity contribution in [1.29, 1.82) is 0 Å². The fourth-order valence-corrected chi connectivity index (χ4v) is 1.40. The lowest BCUT2D eigenvalue weighted by atomic mass is 10.1. The molecule has 2 rings (SSSR count). The first-order chi connectivity index (χ1) is 6.95. The van der Waals surface area contributed by atoms with Gasteiger partial charge in [-0.15, -0.1) is 0 Å². The highest BCUT2D eigenvalue weighted by atomic mass is 19.2. The molecule has 1 aliphatic carbocycles. The van der Waals surface area contributed by atoms with E-state index in [9.17, 15) is 26.3 Å². The number of halogens is 6. The summed E-state index contributed by atoms with van der Waals surface area (Å²) in [6, 6.07) is 0.241. The van der Waals surface area contributed by atoms with Crippen LogP contribution in [-0.4, -0.2) is 0 Å². The van der Waals surface area contributed by atoms with Gasteiger partial charge in [-0.25, -0.2) is 26.3 Å². The van der Waals surface area contributed by atoms with Crippen LogP contribution >= 0.6 is 0 Å². The van der Waals surface area contributed by atoms with Crippen molar-refractivity contribution in [3.05, 3.63) is 40.5 Å². The highest BCUT2D eigenvalue weighted by Gasteiger charge is 2.37. The van der Waals surface area contributed by atoms with E-state index >= 15 is 0 Å². The van der Waals surface area contributed by atoms with Crippen molar-refractivity contribution in [2.45, 2.75) is 6.17 Å². The van der Waals surface area contributed by atoms with Gasteiger partial charge in [-0.05, 0) is 6.07 Å². The number of alkyl halides is 1. The van der Waals surface area contributed by atoms with Gasteiger partial charge in [0.1, 0.15) is 0 Å². The fourth-order valence-electron chi connectivity index (χ4n) is 1.40. The van der Waals surface area contributed by atoms with Gasteiger partial charge in [-0.1, -0.05) is 0 Å². The smallest absolute Gasteiger partial charge is 0.195 e. The van der Waals surface area contributed by atoms with E-state index in [2.05, 4.69) is 0 Å². The molecule has 15 heavy (non-hydrogen) atoms. The Labute approximate surface area is 79.8 Å². The van der Waals surface area contributed by atoms with Crippen LogP contribution in [0.2, 0.25) is 0 Å². The van der Waals surface area contributed by atoms with Gasteiger partial charge in [0.25, 0.3) is 0 Å². The molecule has 6 heteroatoms. The first-order valence-corrected chi connectivity index (χ1v) is 3.82. The minimum atomic E-state index is -2.58. The molecule has 0 aromatic heterocycles. The van der Waals surface area contributed by atoms with Crippen LogP contribution < -0.4 is 0 Å². The zero-order chi connectivity index (χ0) is 11.3. The second kappa shape index (κ2) is 3.01. The third-order valence-corrected chi connectivity index (χ3v) is 2.12. The van der Waals surface area contributed by atoms with E-state index in [-0.39, 0.29) is 6.07 Å². The first-order valence-electron chi connectivity index (χ1n) is 3.82. The molecule has 0 aliphatic heterocycles. The summed E-state index contributed by atoms with van der Waals surface area (Å²) in [5.41, 5.74) is -2.06. The minimum Gasteiger partial charge on any atom is -0.234 e. The van der Waals surface area contributed by atoms with Crippen LogP contribution in [0.15, 0.2) is 11.9 Å². The maximum absolute atomic E-state index is 12.9. The van der Waals surface area contributed by atoms with Crippen molar-refractivity contribution < 1.29 is 26.3 Å². The van der Waals surface area contributed by atoms with Crippen molar-refractivity contribution in [1.82, 2.24) is 0 Å². The van der Waals surface area contributed by atoms with E-state index in [1.54, 1.807) is 0 Å². The molecule has 80 valence electrons. The molecule has 1 aromatic carbocycles. The Balaban J connectivity index is 2.79. The Morgan fingerprint density at radius 2 is 1.53 bits per heavy atom. The molecule has 0 saturated heterocycles. The quantitative estimate of drug-likeness (QED) is 0.465. The maximum atomic E-state index is 12.9. The molecule has 0 bridgehead atoms. The molecular weight excluding hydrogens is 222 g/mol. The van der Waals surface area contributed by atoms with Gasteiger partial charge >= 0.3 is 0 Å². The van der Waals surface area contributed by atoms with Gasteiger partial charge in [0.15, 0.2) is 35.3 Å². The van der Waals surface area contributed by atoms with Gasteiger partial charge in [-0.3, -0.25) is 0 Å². The van der Waals surface area contributed by atoms with Crippen LogP contribution in [0, 0.1) is 17.5 Å². The number of hydrogen-bond acceptors (Lipinski definition) is 0. The number of fused-ring (bicyclic) bond motifs is 1. The van der Waals surface area contributed by atoms with Gasteiger partial charge in [0.05, 0.1) is 5.56 Å². The van der Waals surface area contributed by atoms with Crippen molar-refractivity contribution in [3.8, 4) is 0 Å². The summed E-state index contributed by atoms with van der Waals surface area (Å²) in [5, 5.41) is 0. The Morgan fingerprint density at radius 3 is 2.13 bits per heavy atom. The molecular formula is C9H2F6. The number of benzene rings is 1. The molecule has 1 atom stereocenters. The van der Waals surface area contributed by atoms with Crippen molar-refractivity contribution in [2.24, 2.45) is 0 Å². The van der Waals surface area contributed by atoms with E-state index in [4.69, 9.17) is 0 Å². The SMILES string of the molecule is FC1=C(F)C(F)c2cc(F)c(F)c(F)c21. The third kappa shape index (κ3) is 1.17. The predicted molar refractivity (Wildman–Crippen MR) is 39.3 cm³/mol. The monoisotopic (exact) mass is 224 g/mol. The standard InChI is InChI=1S/C9H2F6/c10-3-1-2-4(7(13)6(3)12)8(14)9(15)5(2)11/h1,5H. The number of hydrogen-bond donors (Lipinski definition) is 0. The number of allylic oxidation sites excluding steroid dienone is 1. The highest BCUT2D eigenvalue weighted by molar-refractivity contribution is 5.71. The molecule has 0 radical (unpaired) electrons. The normalized spacial score (nSPS) is 19.7. The van der Waals surface area contributed by atoms with Crippen molar-refractivity contribution >= 4 is 5.83 Å². The van der Waals surface area contributed by atoms with E-state index < -0.39 is 46.4 Å². The fraction of sp³-hybridized carbons (Fsp3) is 0.111. The Kier molecular flexibility index (Phi) is 2.02. The summed E-state index contributed by atoms with van der Waals surface area (Å²) in [4.78, 5) is 0. The summed E-state index contributed by atoms with van der Waals surface area (Å²) >= 11 is 0. The van der Waals surface area contributed by atoms with Gasteiger partial charge in [0, 0.05) is 5.56 Å². The van der Waals surface area contributed by atoms with E-state index in [1.807, 2.05) is 0 Å². The lowest BCUT2D eigenvalue weighted by Gasteiger charge is -2.04. The van der Waals surface area contributed by atoms with Crippen LogP contribution in [0.4, 0.5) is 26.3 Å². The van der Waals surface area contributed by atoms with E-state index in [1.165, 1.54) is 0 Å². The van der Waals surface area contributed by atoms with E-state index in [0.717, 1.165) is 0 Å². The molecule has 0 fully saturated rings. The van der Waals surface area contributed by atoms with Crippen LogP contribution in [0.3, 0.4) is 0 Å². The Hall–Kier alpha value is -1.46. The van der Waals surface area contributed by atoms with E-state index in [0.29, 0.717) is 0 Å². The first kappa shape index (κ1) is 10.1. The summed E-state index contributed by atoms with van der Waals surface area (Å²) in [7, 11) is 0. The zero-order valence-corrected chi connectivity index (χ0v) is 6.92. The molecule has 0 saturated carbocycles. The van der Waals surface area contributed by atoms with Crippen LogP contribution in [0.25, 0.3) is 5.83 Å². The molecule has 0 heterocycles. The summed E-state index contributed by atoms with van der Waals surface area (Å²) in [6.45, 7) is 0. The Morgan fingerprint density at radius 1 is 0.933 bits per heavy atom. The van der Waals surface area contributed by atoms with Crippen LogP contribution in [0.5, 0.6) is 0 Å². The van der Waals surface area contributed by atoms with Crippen molar-refractivity contribution in [3.63, 3.8) is 0 Å². The molecule has 1 aromatic rings. The number of rotatable bonds is 0. The maximum Gasteiger partial charge on any atom is 0.195 e. The third-order valence-electron chi connectivity index (χ3n) is 2.12.